The van der Waals surface area contributed by atoms with Crippen LogP contribution in [0.25, 0.3) is 0 Å². The van der Waals surface area contributed by atoms with Crippen molar-refractivity contribution in [2.24, 2.45) is 0 Å². The molecule has 2 unspecified atom stereocenters. The predicted octanol–water partition coefficient (Wildman–Crippen LogP) is 3.14. The lowest BCUT2D eigenvalue weighted by atomic mass is 9.96. The number of ketones is 1. The van der Waals surface area contributed by atoms with E-state index in [4.69, 9.17) is 4.74 Å². The highest BCUT2D eigenvalue weighted by Crippen LogP contribution is 2.40. The Labute approximate surface area is 98.9 Å². The van der Waals surface area contributed by atoms with Crippen LogP contribution in [0.5, 0.6) is 5.75 Å². The Morgan fingerprint density at radius 1 is 1.43 bits per heavy atom. The third kappa shape index (κ3) is 1.41. The van der Waals surface area contributed by atoms with Crippen molar-refractivity contribution in [3.63, 3.8) is 0 Å². The molecule has 0 saturated carbocycles. The van der Waals surface area contributed by atoms with Crippen LogP contribution in [0.4, 0.5) is 0 Å². The molecule has 0 aliphatic carbocycles. The molecule has 2 nitrogen and oxygen atoms in total. The summed E-state index contributed by atoms with van der Waals surface area (Å²) in [5.74, 6) is 0.678. The number of rotatable bonds is 0. The van der Waals surface area contributed by atoms with Crippen LogP contribution in [-0.4, -0.2) is 15.1 Å². The smallest absolute Gasteiger partial charge is 0.187 e. The summed E-state index contributed by atoms with van der Waals surface area (Å²) in [7, 11) is 0. The Balaban J connectivity index is 2.55. The first kappa shape index (κ1) is 10.2. The van der Waals surface area contributed by atoms with E-state index in [-0.39, 0.29) is 10.8 Å². The summed E-state index contributed by atoms with van der Waals surface area (Å²) < 4.78 is 4.87. The first-order valence-electron chi connectivity index (χ1n) is 4.17. The van der Waals surface area contributed by atoms with Crippen LogP contribution in [-0.2, 0) is 0 Å². The van der Waals surface area contributed by atoms with Gasteiger partial charge in [0, 0.05) is 0 Å². The first-order chi connectivity index (χ1) is 6.53. The van der Waals surface area contributed by atoms with E-state index in [9.17, 15) is 4.79 Å². The number of carbonyl (C=O) groups excluding carboxylic acids is 1. The minimum absolute atomic E-state index is 0.0428. The Morgan fingerprint density at radius 3 is 2.79 bits per heavy atom. The summed E-state index contributed by atoms with van der Waals surface area (Å²) in [6.07, 6.45) is 0. The van der Waals surface area contributed by atoms with Gasteiger partial charge in [0.25, 0.3) is 0 Å². The molecule has 0 bridgehead atoms. The average Bonchev–Trinajstić information content (AvgIpc) is 2.15. The molecule has 14 heavy (non-hydrogen) atoms. The standard InChI is InChI=1S/C10H8Br2O2/c1-10(12)8(13)6-4-2-3-5-7(6)14-9(10)11/h2-5,9H,1H3. The van der Waals surface area contributed by atoms with Crippen molar-refractivity contribution in [3.05, 3.63) is 29.8 Å². The number of Topliss-reactive ketones (excluding diaryl/α,β-unsaturated/α-hetero) is 1. The van der Waals surface area contributed by atoms with E-state index in [1.807, 2.05) is 12.1 Å². The molecular formula is C10H8Br2O2. The van der Waals surface area contributed by atoms with Crippen LogP contribution in [0.2, 0.25) is 0 Å². The topological polar surface area (TPSA) is 26.3 Å². The van der Waals surface area contributed by atoms with Gasteiger partial charge >= 0.3 is 0 Å². The number of hydrogen-bond acceptors (Lipinski definition) is 2. The summed E-state index contributed by atoms with van der Waals surface area (Å²) in [6, 6.07) is 7.25. The molecule has 1 aromatic carbocycles. The molecule has 2 rings (SSSR count). The van der Waals surface area contributed by atoms with E-state index >= 15 is 0 Å². The zero-order valence-electron chi connectivity index (χ0n) is 7.46. The van der Waals surface area contributed by atoms with E-state index in [0.717, 1.165) is 0 Å². The van der Waals surface area contributed by atoms with E-state index < -0.39 is 4.32 Å². The van der Waals surface area contributed by atoms with Crippen LogP contribution in [0.3, 0.4) is 0 Å². The van der Waals surface area contributed by atoms with Crippen molar-refractivity contribution in [1.82, 2.24) is 0 Å². The highest BCUT2D eigenvalue weighted by molar-refractivity contribution is 9.12. The number of halogens is 2. The molecule has 1 aromatic rings. The van der Waals surface area contributed by atoms with Crippen molar-refractivity contribution in [3.8, 4) is 5.75 Å². The number of para-hydroxylation sites is 1. The Kier molecular flexibility index (Phi) is 2.43. The fraction of sp³-hybridized carbons (Fsp3) is 0.300. The zero-order chi connectivity index (χ0) is 10.3. The van der Waals surface area contributed by atoms with Crippen LogP contribution in [0.15, 0.2) is 24.3 Å². The maximum atomic E-state index is 12.0. The molecule has 4 heteroatoms. The lowest BCUT2D eigenvalue weighted by Gasteiger charge is -2.33. The number of hydrogen-bond donors (Lipinski definition) is 0. The molecule has 0 saturated heterocycles. The summed E-state index contributed by atoms with van der Waals surface area (Å²) in [5.41, 5.74) is 0.627. The van der Waals surface area contributed by atoms with Gasteiger partial charge in [-0.05, 0) is 35.0 Å². The largest absolute Gasteiger partial charge is 0.477 e. The van der Waals surface area contributed by atoms with Gasteiger partial charge in [0.1, 0.15) is 10.1 Å². The van der Waals surface area contributed by atoms with Crippen LogP contribution in [0.1, 0.15) is 17.3 Å². The van der Waals surface area contributed by atoms with Gasteiger partial charge in [-0.25, -0.2) is 0 Å². The van der Waals surface area contributed by atoms with Gasteiger partial charge in [0.15, 0.2) is 10.8 Å². The zero-order valence-corrected chi connectivity index (χ0v) is 10.6. The SMILES string of the molecule is CC1(Br)C(=O)c2ccccc2OC1Br. The fourth-order valence-corrected chi connectivity index (χ4v) is 2.06. The lowest BCUT2D eigenvalue weighted by molar-refractivity contribution is 0.0869. The highest BCUT2D eigenvalue weighted by atomic mass is 79.9. The van der Waals surface area contributed by atoms with Gasteiger partial charge in [-0.3, -0.25) is 4.79 Å². The van der Waals surface area contributed by atoms with Crippen molar-refractivity contribution in [2.45, 2.75) is 16.3 Å². The van der Waals surface area contributed by atoms with Crippen molar-refractivity contribution >= 4 is 37.6 Å². The van der Waals surface area contributed by atoms with Crippen LogP contribution in [0, 0.1) is 0 Å². The number of alkyl halides is 2. The van der Waals surface area contributed by atoms with Gasteiger partial charge in [-0.2, -0.15) is 0 Å². The van der Waals surface area contributed by atoms with Gasteiger partial charge < -0.3 is 4.74 Å². The molecule has 1 heterocycles. The summed E-state index contributed by atoms with van der Waals surface area (Å²) in [6.45, 7) is 1.80. The monoisotopic (exact) mass is 318 g/mol. The Morgan fingerprint density at radius 2 is 2.07 bits per heavy atom. The third-order valence-corrected chi connectivity index (χ3v) is 4.73. The third-order valence-electron chi connectivity index (χ3n) is 2.23. The molecule has 2 atom stereocenters. The molecule has 0 spiro atoms. The average molecular weight is 320 g/mol. The Hall–Kier alpha value is -0.350. The molecule has 0 N–H and O–H groups in total. The van der Waals surface area contributed by atoms with Crippen molar-refractivity contribution in [1.29, 1.82) is 0 Å². The van der Waals surface area contributed by atoms with E-state index in [1.54, 1.807) is 19.1 Å². The summed E-state index contributed by atoms with van der Waals surface area (Å²) >= 11 is 6.70. The lowest BCUT2D eigenvalue weighted by Crippen LogP contribution is -2.44. The molecule has 0 fully saturated rings. The van der Waals surface area contributed by atoms with Crippen LogP contribution >= 0.6 is 31.9 Å². The number of benzene rings is 1. The van der Waals surface area contributed by atoms with Gasteiger partial charge in [0.2, 0.25) is 0 Å². The molecule has 0 aromatic heterocycles. The summed E-state index contributed by atoms with van der Waals surface area (Å²) in [4.78, 5) is 12.0. The maximum Gasteiger partial charge on any atom is 0.187 e. The highest BCUT2D eigenvalue weighted by Gasteiger charge is 2.44. The molecule has 0 radical (unpaired) electrons. The molecule has 0 amide bonds. The minimum atomic E-state index is -0.693. The number of fused-ring (bicyclic) bond motifs is 1. The summed E-state index contributed by atoms with van der Waals surface area (Å²) in [5, 5.41) is -0.336. The fourth-order valence-electron chi connectivity index (χ4n) is 1.35. The Bertz CT molecular complexity index is 387. The van der Waals surface area contributed by atoms with E-state index in [0.29, 0.717) is 11.3 Å². The predicted molar refractivity (Wildman–Crippen MR) is 61.4 cm³/mol. The molecule has 74 valence electrons. The second-order valence-electron chi connectivity index (χ2n) is 3.33. The molecule has 1 aliphatic rings. The van der Waals surface area contributed by atoms with E-state index in [1.165, 1.54) is 0 Å². The quantitative estimate of drug-likeness (QED) is 0.687. The van der Waals surface area contributed by atoms with Gasteiger partial charge in [-0.15, -0.1) is 0 Å². The van der Waals surface area contributed by atoms with Gasteiger partial charge in [0.05, 0.1) is 5.56 Å². The van der Waals surface area contributed by atoms with Crippen molar-refractivity contribution in [2.75, 3.05) is 0 Å². The number of carbonyl (C=O) groups is 1. The second kappa shape index (κ2) is 3.35. The second-order valence-corrected chi connectivity index (χ2v) is 5.81. The molecular weight excluding hydrogens is 312 g/mol. The molecule has 1 aliphatic heterocycles. The van der Waals surface area contributed by atoms with Crippen molar-refractivity contribution < 1.29 is 9.53 Å². The van der Waals surface area contributed by atoms with Gasteiger partial charge in [-0.1, -0.05) is 28.1 Å². The minimum Gasteiger partial charge on any atom is -0.477 e. The van der Waals surface area contributed by atoms with Crippen LogP contribution < -0.4 is 4.74 Å². The normalized spacial score (nSPS) is 30.8. The number of ether oxygens (including phenoxy) is 1. The first-order valence-corrected chi connectivity index (χ1v) is 5.88. The van der Waals surface area contributed by atoms with E-state index in [2.05, 4.69) is 31.9 Å². The maximum absolute atomic E-state index is 12.0.